The van der Waals surface area contributed by atoms with Crippen LogP contribution in [0.25, 0.3) is 0 Å². The molecule has 0 saturated heterocycles. The Hall–Kier alpha value is -2.04. The van der Waals surface area contributed by atoms with Gasteiger partial charge < -0.3 is 5.32 Å². The molecule has 0 fully saturated rings. The molecule has 92 valence electrons. The van der Waals surface area contributed by atoms with Gasteiger partial charge in [-0.05, 0) is 26.2 Å². The molecule has 0 unspecified atom stereocenters. The zero-order valence-corrected chi connectivity index (χ0v) is 10.3. The predicted octanol–water partition coefficient (Wildman–Crippen LogP) is 1.68. The Labute approximate surface area is 106 Å². The Morgan fingerprint density at radius 2 is 2.06 bits per heavy atom. The van der Waals surface area contributed by atoms with Crippen LogP contribution in [0.5, 0.6) is 0 Å². The van der Waals surface area contributed by atoms with E-state index in [1.54, 1.807) is 18.7 Å². The lowest BCUT2D eigenvalue weighted by molar-refractivity contribution is 0.899. The molecule has 2 heterocycles. The van der Waals surface area contributed by atoms with Crippen molar-refractivity contribution in [1.29, 1.82) is 0 Å². The van der Waals surface area contributed by atoms with Crippen molar-refractivity contribution in [2.45, 2.75) is 32.7 Å². The largest absolute Gasteiger partial charge is 0.364 e. The van der Waals surface area contributed by atoms with E-state index in [1.807, 2.05) is 6.92 Å². The average Bonchev–Trinajstić information content (AvgIpc) is 2.87. The van der Waals surface area contributed by atoms with Crippen LogP contribution in [0.2, 0.25) is 0 Å². The first-order valence-electron chi connectivity index (χ1n) is 6.17. The molecule has 0 atom stereocenters. The lowest BCUT2D eigenvalue weighted by Gasteiger charge is -2.08. The SMILES string of the molecule is Cc1cnc(CNc2ncnc3c2CCC3)cn1. The first kappa shape index (κ1) is 11.1. The van der Waals surface area contributed by atoms with Gasteiger partial charge in [-0.3, -0.25) is 9.97 Å². The smallest absolute Gasteiger partial charge is 0.133 e. The van der Waals surface area contributed by atoms with Crippen LogP contribution < -0.4 is 5.32 Å². The summed E-state index contributed by atoms with van der Waals surface area (Å²) >= 11 is 0. The molecular weight excluding hydrogens is 226 g/mol. The van der Waals surface area contributed by atoms with Crippen molar-refractivity contribution in [2.24, 2.45) is 0 Å². The molecule has 5 heteroatoms. The van der Waals surface area contributed by atoms with Crippen molar-refractivity contribution in [3.8, 4) is 0 Å². The highest BCUT2D eigenvalue weighted by Gasteiger charge is 2.16. The lowest BCUT2D eigenvalue weighted by atomic mass is 10.2. The zero-order chi connectivity index (χ0) is 12.4. The maximum absolute atomic E-state index is 4.32. The Bertz CT molecular complexity index is 550. The Morgan fingerprint density at radius 1 is 1.11 bits per heavy atom. The minimum atomic E-state index is 0.650. The minimum absolute atomic E-state index is 0.650. The van der Waals surface area contributed by atoms with E-state index in [4.69, 9.17) is 0 Å². The molecule has 1 aliphatic carbocycles. The summed E-state index contributed by atoms with van der Waals surface area (Å²) in [4.78, 5) is 17.2. The molecule has 0 bridgehead atoms. The predicted molar refractivity (Wildman–Crippen MR) is 68.2 cm³/mol. The van der Waals surface area contributed by atoms with E-state index >= 15 is 0 Å². The van der Waals surface area contributed by atoms with Crippen LogP contribution in [0.15, 0.2) is 18.7 Å². The summed E-state index contributed by atoms with van der Waals surface area (Å²) < 4.78 is 0. The molecule has 2 aromatic rings. The molecule has 5 nitrogen and oxygen atoms in total. The fourth-order valence-electron chi connectivity index (χ4n) is 2.20. The third-order valence-electron chi connectivity index (χ3n) is 3.15. The second kappa shape index (κ2) is 4.68. The van der Waals surface area contributed by atoms with Gasteiger partial charge in [0.2, 0.25) is 0 Å². The highest BCUT2D eigenvalue weighted by atomic mass is 15.0. The molecule has 0 aliphatic heterocycles. The van der Waals surface area contributed by atoms with E-state index in [2.05, 4.69) is 25.3 Å². The Balaban J connectivity index is 1.74. The van der Waals surface area contributed by atoms with Crippen LogP contribution in [0.1, 0.15) is 29.1 Å². The third-order valence-corrected chi connectivity index (χ3v) is 3.15. The van der Waals surface area contributed by atoms with E-state index in [9.17, 15) is 0 Å². The number of anilines is 1. The second-order valence-corrected chi connectivity index (χ2v) is 4.50. The number of hydrogen-bond acceptors (Lipinski definition) is 5. The van der Waals surface area contributed by atoms with Gasteiger partial charge in [-0.25, -0.2) is 9.97 Å². The third kappa shape index (κ3) is 2.16. The quantitative estimate of drug-likeness (QED) is 0.885. The number of nitrogens with one attached hydrogen (secondary N) is 1. The fourth-order valence-corrected chi connectivity index (χ4v) is 2.20. The maximum Gasteiger partial charge on any atom is 0.133 e. The normalized spacial score (nSPS) is 13.4. The number of aryl methyl sites for hydroxylation is 2. The van der Waals surface area contributed by atoms with Gasteiger partial charge in [0.05, 0.1) is 24.1 Å². The first-order chi connectivity index (χ1) is 8.83. The van der Waals surface area contributed by atoms with Crippen LogP contribution in [0.3, 0.4) is 0 Å². The van der Waals surface area contributed by atoms with Crippen molar-refractivity contribution in [2.75, 3.05) is 5.32 Å². The average molecular weight is 241 g/mol. The van der Waals surface area contributed by atoms with Gasteiger partial charge in [-0.1, -0.05) is 0 Å². The summed E-state index contributed by atoms with van der Waals surface area (Å²) in [5.74, 6) is 0.944. The van der Waals surface area contributed by atoms with E-state index in [0.29, 0.717) is 6.54 Å². The molecule has 0 saturated carbocycles. The van der Waals surface area contributed by atoms with Gasteiger partial charge in [0.1, 0.15) is 12.1 Å². The number of fused-ring (bicyclic) bond motifs is 1. The Morgan fingerprint density at radius 3 is 2.89 bits per heavy atom. The van der Waals surface area contributed by atoms with E-state index < -0.39 is 0 Å². The first-order valence-corrected chi connectivity index (χ1v) is 6.17. The molecule has 1 aliphatic rings. The van der Waals surface area contributed by atoms with Crippen LogP contribution in [-0.2, 0) is 19.4 Å². The van der Waals surface area contributed by atoms with Gasteiger partial charge in [-0.15, -0.1) is 0 Å². The minimum Gasteiger partial charge on any atom is -0.364 e. The van der Waals surface area contributed by atoms with Crippen molar-refractivity contribution in [1.82, 2.24) is 19.9 Å². The van der Waals surface area contributed by atoms with E-state index in [0.717, 1.165) is 30.0 Å². The molecule has 0 amide bonds. The molecule has 18 heavy (non-hydrogen) atoms. The molecule has 0 radical (unpaired) electrons. The Kier molecular flexibility index (Phi) is 2.88. The number of hydrogen-bond donors (Lipinski definition) is 1. The second-order valence-electron chi connectivity index (χ2n) is 4.50. The molecule has 2 aromatic heterocycles. The van der Waals surface area contributed by atoms with Crippen molar-refractivity contribution in [3.05, 3.63) is 41.4 Å². The standard InChI is InChI=1S/C13H15N5/c1-9-5-15-10(6-14-9)7-16-13-11-3-2-4-12(11)17-8-18-13/h5-6,8H,2-4,7H2,1H3,(H,16,17,18). The highest BCUT2D eigenvalue weighted by Crippen LogP contribution is 2.25. The summed E-state index contributed by atoms with van der Waals surface area (Å²) in [5.41, 5.74) is 4.30. The van der Waals surface area contributed by atoms with Crippen LogP contribution in [0.4, 0.5) is 5.82 Å². The van der Waals surface area contributed by atoms with E-state index in [1.165, 1.54) is 17.7 Å². The van der Waals surface area contributed by atoms with E-state index in [-0.39, 0.29) is 0 Å². The topological polar surface area (TPSA) is 63.6 Å². The van der Waals surface area contributed by atoms with Gasteiger partial charge in [0.25, 0.3) is 0 Å². The van der Waals surface area contributed by atoms with Crippen LogP contribution in [0, 0.1) is 6.92 Å². The van der Waals surface area contributed by atoms with Gasteiger partial charge in [0, 0.05) is 17.5 Å². The lowest BCUT2D eigenvalue weighted by Crippen LogP contribution is -2.07. The summed E-state index contributed by atoms with van der Waals surface area (Å²) in [5, 5.41) is 3.33. The van der Waals surface area contributed by atoms with Gasteiger partial charge >= 0.3 is 0 Å². The molecule has 3 rings (SSSR count). The molecular formula is C13H15N5. The highest BCUT2D eigenvalue weighted by molar-refractivity contribution is 5.48. The number of rotatable bonds is 3. The molecule has 0 spiro atoms. The maximum atomic E-state index is 4.32. The molecule has 0 aromatic carbocycles. The van der Waals surface area contributed by atoms with Gasteiger partial charge in [-0.2, -0.15) is 0 Å². The summed E-state index contributed by atoms with van der Waals surface area (Å²) in [6.45, 7) is 2.58. The van der Waals surface area contributed by atoms with Crippen LogP contribution in [-0.4, -0.2) is 19.9 Å². The van der Waals surface area contributed by atoms with Crippen LogP contribution >= 0.6 is 0 Å². The number of nitrogens with zero attached hydrogens (tertiary/aromatic N) is 4. The summed E-state index contributed by atoms with van der Waals surface area (Å²) in [7, 11) is 0. The summed E-state index contributed by atoms with van der Waals surface area (Å²) in [6, 6.07) is 0. The monoisotopic (exact) mass is 241 g/mol. The zero-order valence-electron chi connectivity index (χ0n) is 10.3. The number of aromatic nitrogens is 4. The van der Waals surface area contributed by atoms with Gasteiger partial charge in [0.15, 0.2) is 0 Å². The van der Waals surface area contributed by atoms with Crippen molar-refractivity contribution >= 4 is 5.82 Å². The summed E-state index contributed by atoms with van der Waals surface area (Å²) in [6.07, 6.45) is 8.51. The fraction of sp³-hybridized carbons (Fsp3) is 0.385. The molecule has 1 N–H and O–H groups in total. The van der Waals surface area contributed by atoms with Crippen molar-refractivity contribution in [3.63, 3.8) is 0 Å². The van der Waals surface area contributed by atoms with Crippen molar-refractivity contribution < 1.29 is 0 Å².